The van der Waals surface area contributed by atoms with Gasteiger partial charge in [0.1, 0.15) is 5.60 Å². The monoisotopic (exact) mass is 294 g/mol. The van der Waals surface area contributed by atoms with E-state index in [9.17, 15) is 4.79 Å². The summed E-state index contributed by atoms with van der Waals surface area (Å²) < 4.78 is 5.63. The SMILES string of the molecule is CCC(c1ccc(Cl)cc1)C1(C(=O)OC(C)(C)C)CC1. The molecule has 0 saturated heterocycles. The van der Waals surface area contributed by atoms with Crippen LogP contribution >= 0.6 is 11.6 Å². The fourth-order valence-electron chi connectivity index (χ4n) is 2.85. The maximum atomic E-state index is 12.5. The zero-order chi connectivity index (χ0) is 15.0. The second-order valence-electron chi connectivity index (χ2n) is 6.67. The van der Waals surface area contributed by atoms with Gasteiger partial charge in [-0.15, -0.1) is 0 Å². The molecule has 0 heterocycles. The Kier molecular flexibility index (Phi) is 4.15. The van der Waals surface area contributed by atoms with Crippen LogP contribution in [0.15, 0.2) is 24.3 Å². The smallest absolute Gasteiger partial charge is 0.313 e. The summed E-state index contributed by atoms with van der Waals surface area (Å²) in [6.45, 7) is 7.89. The van der Waals surface area contributed by atoms with E-state index in [2.05, 4.69) is 6.92 Å². The molecule has 1 saturated carbocycles. The van der Waals surface area contributed by atoms with E-state index in [-0.39, 0.29) is 17.3 Å². The number of halogens is 1. The standard InChI is InChI=1S/C17H23ClO2/c1-5-14(12-6-8-13(18)9-7-12)17(10-11-17)15(19)20-16(2,3)4/h6-9,14H,5,10-11H2,1-4H3. The predicted molar refractivity (Wildman–Crippen MR) is 82.0 cm³/mol. The average Bonchev–Trinajstić information content (AvgIpc) is 3.12. The second kappa shape index (κ2) is 5.40. The van der Waals surface area contributed by atoms with Crippen LogP contribution in [0.4, 0.5) is 0 Å². The third kappa shape index (κ3) is 3.17. The summed E-state index contributed by atoms with van der Waals surface area (Å²) in [5, 5.41) is 0.728. The molecule has 1 unspecified atom stereocenters. The van der Waals surface area contributed by atoms with E-state index in [4.69, 9.17) is 16.3 Å². The normalized spacial score (nSPS) is 18.4. The lowest BCUT2D eigenvalue weighted by atomic mass is 9.81. The highest BCUT2D eigenvalue weighted by atomic mass is 35.5. The minimum Gasteiger partial charge on any atom is -0.460 e. The zero-order valence-corrected chi connectivity index (χ0v) is 13.5. The minimum atomic E-state index is -0.426. The molecule has 110 valence electrons. The molecule has 0 spiro atoms. The number of hydrogen-bond acceptors (Lipinski definition) is 2. The number of carbonyl (C=O) groups excluding carboxylic acids is 1. The molecule has 0 amide bonds. The topological polar surface area (TPSA) is 26.3 Å². The zero-order valence-electron chi connectivity index (χ0n) is 12.7. The maximum absolute atomic E-state index is 12.5. The molecular weight excluding hydrogens is 272 g/mol. The number of rotatable bonds is 4. The van der Waals surface area contributed by atoms with Crippen LogP contribution < -0.4 is 0 Å². The highest BCUT2D eigenvalue weighted by molar-refractivity contribution is 6.30. The third-order valence-electron chi connectivity index (χ3n) is 3.94. The van der Waals surface area contributed by atoms with Gasteiger partial charge in [-0.3, -0.25) is 4.79 Å². The Hall–Kier alpha value is -1.02. The van der Waals surface area contributed by atoms with Crippen LogP contribution in [-0.2, 0) is 9.53 Å². The quantitative estimate of drug-likeness (QED) is 0.734. The van der Waals surface area contributed by atoms with Gasteiger partial charge in [-0.05, 0) is 63.6 Å². The van der Waals surface area contributed by atoms with Gasteiger partial charge in [0.2, 0.25) is 0 Å². The van der Waals surface area contributed by atoms with Crippen molar-refractivity contribution in [1.82, 2.24) is 0 Å². The summed E-state index contributed by atoms with van der Waals surface area (Å²) in [5.41, 5.74) is 0.432. The van der Waals surface area contributed by atoms with Gasteiger partial charge in [-0.25, -0.2) is 0 Å². The molecule has 2 rings (SSSR count). The van der Waals surface area contributed by atoms with Gasteiger partial charge in [0.15, 0.2) is 0 Å². The van der Waals surface area contributed by atoms with E-state index >= 15 is 0 Å². The van der Waals surface area contributed by atoms with Crippen molar-refractivity contribution in [2.75, 3.05) is 0 Å². The first kappa shape index (κ1) is 15.4. The van der Waals surface area contributed by atoms with E-state index in [0.29, 0.717) is 0 Å². The van der Waals surface area contributed by atoms with Crippen LogP contribution in [0.3, 0.4) is 0 Å². The highest BCUT2D eigenvalue weighted by Crippen LogP contribution is 2.58. The number of esters is 1. The molecule has 0 bridgehead atoms. The van der Waals surface area contributed by atoms with Crippen molar-refractivity contribution in [1.29, 1.82) is 0 Å². The highest BCUT2D eigenvalue weighted by Gasteiger charge is 2.57. The number of hydrogen-bond donors (Lipinski definition) is 0. The molecule has 1 aromatic carbocycles. The van der Waals surface area contributed by atoms with Crippen molar-refractivity contribution in [3.63, 3.8) is 0 Å². The molecule has 0 radical (unpaired) electrons. The van der Waals surface area contributed by atoms with Gasteiger partial charge in [0, 0.05) is 5.02 Å². The van der Waals surface area contributed by atoms with Crippen molar-refractivity contribution in [3.8, 4) is 0 Å². The molecular formula is C17H23ClO2. The van der Waals surface area contributed by atoms with Crippen LogP contribution in [0.1, 0.15) is 58.4 Å². The number of benzene rings is 1. The van der Waals surface area contributed by atoms with Crippen molar-refractivity contribution >= 4 is 17.6 Å². The van der Waals surface area contributed by atoms with E-state index in [0.717, 1.165) is 24.3 Å². The summed E-state index contributed by atoms with van der Waals surface area (Å²) in [6.07, 6.45) is 2.77. The van der Waals surface area contributed by atoms with E-state index in [1.54, 1.807) is 0 Å². The molecule has 2 nitrogen and oxygen atoms in total. The molecule has 1 aromatic rings. The molecule has 0 N–H and O–H groups in total. The fourth-order valence-corrected chi connectivity index (χ4v) is 2.98. The van der Waals surface area contributed by atoms with Crippen LogP contribution in [0, 0.1) is 5.41 Å². The molecule has 0 aromatic heterocycles. The lowest BCUT2D eigenvalue weighted by molar-refractivity contribution is -0.162. The summed E-state index contributed by atoms with van der Waals surface area (Å²) in [7, 11) is 0. The number of ether oxygens (including phenoxy) is 1. The summed E-state index contributed by atoms with van der Waals surface area (Å²) in [5.74, 6) is 0.168. The molecule has 1 atom stereocenters. The Bertz CT molecular complexity index is 481. The van der Waals surface area contributed by atoms with Crippen LogP contribution in [-0.4, -0.2) is 11.6 Å². The van der Waals surface area contributed by atoms with Gasteiger partial charge in [-0.2, -0.15) is 0 Å². The molecule has 3 heteroatoms. The first-order chi connectivity index (χ1) is 9.28. The maximum Gasteiger partial charge on any atom is 0.313 e. The first-order valence-electron chi connectivity index (χ1n) is 7.27. The molecule has 0 aliphatic heterocycles. The van der Waals surface area contributed by atoms with Crippen molar-refractivity contribution in [3.05, 3.63) is 34.9 Å². The first-order valence-corrected chi connectivity index (χ1v) is 7.65. The summed E-state index contributed by atoms with van der Waals surface area (Å²) >= 11 is 5.95. The van der Waals surface area contributed by atoms with E-state index in [1.807, 2.05) is 45.0 Å². The lowest BCUT2D eigenvalue weighted by Gasteiger charge is -2.29. The third-order valence-corrected chi connectivity index (χ3v) is 4.19. The molecule has 1 aliphatic rings. The molecule has 1 fully saturated rings. The Morgan fingerprint density at radius 1 is 1.30 bits per heavy atom. The number of carbonyl (C=O) groups is 1. The fraction of sp³-hybridized carbons (Fsp3) is 0.588. The van der Waals surface area contributed by atoms with Gasteiger partial charge in [-0.1, -0.05) is 30.7 Å². The molecule has 20 heavy (non-hydrogen) atoms. The lowest BCUT2D eigenvalue weighted by Crippen LogP contribution is -2.33. The van der Waals surface area contributed by atoms with E-state index in [1.165, 1.54) is 5.56 Å². The van der Waals surface area contributed by atoms with Crippen molar-refractivity contribution < 1.29 is 9.53 Å². The minimum absolute atomic E-state index is 0.0493. The van der Waals surface area contributed by atoms with Crippen LogP contribution in [0.5, 0.6) is 0 Å². The largest absolute Gasteiger partial charge is 0.460 e. The Morgan fingerprint density at radius 2 is 1.85 bits per heavy atom. The second-order valence-corrected chi connectivity index (χ2v) is 7.11. The summed E-state index contributed by atoms with van der Waals surface area (Å²) in [4.78, 5) is 12.5. The van der Waals surface area contributed by atoms with Gasteiger partial charge in [0.05, 0.1) is 5.41 Å². The Balaban J connectivity index is 2.22. The van der Waals surface area contributed by atoms with Crippen LogP contribution in [0.25, 0.3) is 0 Å². The van der Waals surface area contributed by atoms with E-state index < -0.39 is 5.60 Å². The van der Waals surface area contributed by atoms with Gasteiger partial charge >= 0.3 is 5.97 Å². The molecule has 1 aliphatic carbocycles. The average molecular weight is 295 g/mol. The van der Waals surface area contributed by atoms with Gasteiger partial charge in [0.25, 0.3) is 0 Å². The van der Waals surface area contributed by atoms with Crippen molar-refractivity contribution in [2.45, 2.75) is 58.5 Å². The predicted octanol–water partition coefficient (Wildman–Crippen LogP) is 4.96. The summed E-state index contributed by atoms with van der Waals surface area (Å²) in [6, 6.07) is 7.84. The van der Waals surface area contributed by atoms with Crippen molar-refractivity contribution in [2.24, 2.45) is 5.41 Å². The Morgan fingerprint density at radius 3 is 2.25 bits per heavy atom. The van der Waals surface area contributed by atoms with Crippen LogP contribution in [0.2, 0.25) is 5.02 Å². The Labute approximate surface area is 126 Å². The van der Waals surface area contributed by atoms with Gasteiger partial charge < -0.3 is 4.74 Å².